The third kappa shape index (κ3) is 3.97. The van der Waals surface area contributed by atoms with Crippen LogP contribution in [0.3, 0.4) is 0 Å². The first-order valence-electron chi connectivity index (χ1n) is 10.9. The zero-order valence-corrected chi connectivity index (χ0v) is 19.9. The van der Waals surface area contributed by atoms with Crippen molar-refractivity contribution >= 4 is 43.6 Å². The lowest BCUT2D eigenvalue weighted by molar-refractivity contribution is 0.0960. The molecule has 34 heavy (non-hydrogen) atoms. The number of aryl methyl sites for hydroxylation is 1. The van der Waals surface area contributed by atoms with Crippen molar-refractivity contribution in [2.24, 2.45) is 0 Å². The van der Waals surface area contributed by atoms with E-state index in [1.165, 1.54) is 11.3 Å². The first kappa shape index (κ1) is 21.9. The summed E-state index contributed by atoms with van der Waals surface area (Å²) in [5.74, 6) is 1.20. The van der Waals surface area contributed by atoms with Crippen molar-refractivity contribution in [1.29, 1.82) is 0 Å². The van der Waals surface area contributed by atoms with Gasteiger partial charge in [0.05, 0.1) is 25.0 Å². The van der Waals surface area contributed by atoms with Gasteiger partial charge in [-0.2, -0.15) is 0 Å². The molecule has 0 bridgehead atoms. The van der Waals surface area contributed by atoms with Gasteiger partial charge in [0.15, 0.2) is 22.2 Å². The molecule has 0 fully saturated rings. The van der Waals surface area contributed by atoms with E-state index in [-0.39, 0.29) is 11.7 Å². The second kappa shape index (κ2) is 9.15. The van der Waals surface area contributed by atoms with Gasteiger partial charge in [-0.3, -0.25) is 14.7 Å². The fourth-order valence-corrected chi connectivity index (χ4v) is 4.87. The minimum absolute atomic E-state index is 0.217. The molecule has 172 valence electrons. The lowest BCUT2D eigenvalue weighted by Gasteiger charge is -2.18. The molecular formula is C26H23N3O4S. The predicted octanol–water partition coefficient (Wildman–Crippen LogP) is 6.00. The minimum Gasteiger partial charge on any atom is -0.494 e. The van der Waals surface area contributed by atoms with Crippen molar-refractivity contribution < 1.29 is 18.7 Å². The van der Waals surface area contributed by atoms with Crippen LogP contribution in [0, 0.1) is 6.92 Å². The number of fused-ring (bicyclic) bond motifs is 2. The standard InChI is InChI=1S/C26H23N3O4S/c1-4-32-20-9-5-8-18-13-21(33-23(18)20)25(30)29(15-17-7-6-12-27-14-17)26-28-22-19(31-3)11-10-16(2)24(22)34-26/h5-14H,4,15H2,1-3H3. The van der Waals surface area contributed by atoms with Crippen LogP contribution in [0.25, 0.3) is 21.2 Å². The van der Waals surface area contributed by atoms with Gasteiger partial charge in [0.1, 0.15) is 11.3 Å². The van der Waals surface area contributed by atoms with Crippen LogP contribution in [0.15, 0.2) is 65.3 Å². The van der Waals surface area contributed by atoms with Gasteiger partial charge < -0.3 is 13.9 Å². The van der Waals surface area contributed by atoms with Crippen LogP contribution < -0.4 is 14.4 Å². The fourth-order valence-electron chi connectivity index (χ4n) is 3.82. The molecular weight excluding hydrogens is 450 g/mol. The van der Waals surface area contributed by atoms with E-state index in [2.05, 4.69) is 4.98 Å². The molecule has 0 N–H and O–H groups in total. The third-order valence-corrected chi connectivity index (χ3v) is 6.68. The number of furan rings is 1. The Bertz CT molecular complexity index is 1480. The summed E-state index contributed by atoms with van der Waals surface area (Å²) >= 11 is 1.45. The molecule has 0 spiro atoms. The smallest absolute Gasteiger partial charge is 0.296 e. The summed E-state index contributed by atoms with van der Waals surface area (Å²) in [4.78, 5) is 24.4. The minimum atomic E-state index is -0.293. The molecule has 3 heterocycles. The van der Waals surface area contributed by atoms with Gasteiger partial charge in [0.25, 0.3) is 5.91 Å². The number of thiazole rings is 1. The summed E-state index contributed by atoms with van der Waals surface area (Å²) in [7, 11) is 1.62. The van der Waals surface area contributed by atoms with E-state index in [1.54, 1.807) is 30.5 Å². The Kier molecular flexibility index (Phi) is 5.90. The monoisotopic (exact) mass is 473 g/mol. The number of aromatic nitrogens is 2. The molecule has 0 aliphatic carbocycles. The van der Waals surface area contributed by atoms with Gasteiger partial charge in [-0.05, 0) is 49.2 Å². The zero-order valence-electron chi connectivity index (χ0n) is 19.1. The second-order valence-electron chi connectivity index (χ2n) is 7.73. The van der Waals surface area contributed by atoms with Crippen molar-refractivity contribution in [3.05, 3.63) is 77.8 Å². The summed E-state index contributed by atoms with van der Waals surface area (Å²) in [6.45, 7) is 4.73. The van der Waals surface area contributed by atoms with Gasteiger partial charge in [0, 0.05) is 17.8 Å². The van der Waals surface area contributed by atoms with Gasteiger partial charge in [-0.25, -0.2) is 4.98 Å². The van der Waals surface area contributed by atoms with Crippen LogP contribution in [0.1, 0.15) is 28.6 Å². The summed E-state index contributed by atoms with van der Waals surface area (Å²) in [6, 6.07) is 15.0. The number of ether oxygens (including phenoxy) is 2. The number of methoxy groups -OCH3 is 1. The molecule has 0 aliphatic rings. The summed E-state index contributed by atoms with van der Waals surface area (Å²) < 4.78 is 18.2. The molecule has 2 aromatic carbocycles. The Labute approximate surface area is 200 Å². The van der Waals surface area contributed by atoms with Gasteiger partial charge in [-0.15, -0.1) is 0 Å². The number of hydrogen-bond acceptors (Lipinski definition) is 7. The maximum absolute atomic E-state index is 13.8. The van der Waals surface area contributed by atoms with E-state index in [9.17, 15) is 4.79 Å². The SMILES string of the molecule is CCOc1cccc2cc(C(=O)N(Cc3cccnc3)c3nc4c(OC)ccc(C)c4s3)oc12. The Morgan fingerprint density at radius 3 is 2.79 bits per heavy atom. The fraction of sp³-hybridized carbons (Fsp3) is 0.192. The number of rotatable bonds is 7. The van der Waals surface area contributed by atoms with Crippen molar-refractivity contribution in [2.75, 3.05) is 18.6 Å². The number of carbonyl (C=O) groups excluding carboxylic acids is 1. The lowest BCUT2D eigenvalue weighted by atomic mass is 10.2. The maximum atomic E-state index is 13.8. The molecule has 0 aliphatic heterocycles. The molecule has 3 aromatic heterocycles. The average molecular weight is 474 g/mol. The zero-order chi connectivity index (χ0) is 23.7. The average Bonchev–Trinajstić information content (AvgIpc) is 3.49. The number of carbonyl (C=O) groups is 1. The predicted molar refractivity (Wildman–Crippen MR) is 133 cm³/mol. The quantitative estimate of drug-likeness (QED) is 0.288. The van der Waals surface area contributed by atoms with Crippen LogP contribution in [0.2, 0.25) is 0 Å². The molecule has 5 aromatic rings. The number of pyridine rings is 1. The van der Waals surface area contributed by atoms with E-state index >= 15 is 0 Å². The van der Waals surface area contributed by atoms with Crippen molar-refractivity contribution in [3.63, 3.8) is 0 Å². The van der Waals surface area contributed by atoms with Gasteiger partial charge in [0.2, 0.25) is 0 Å². The van der Waals surface area contributed by atoms with Crippen molar-refractivity contribution in [3.8, 4) is 11.5 Å². The number of benzene rings is 2. The highest BCUT2D eigenvalue weighted by Gasteiger charge is 2.26. The molecule has 8 heteroatoms. The lowest BCUT2D eigenvalue weighted by Crippen LogP contribution is -2.30. The summed E-state index contributed by atoms with van der Waals surface area (Å²) in [6.07, 6.45) is 3.45. The highest BCUT2D eigenvalue weighted by atomic mass is 32.1. The number of para-hydroxylation sites is 1. The number of amides is 1. The van der Waals surface area contributed by atoms with E-state index < -0.39 is 0 Å². The first-order valence-corrected chi connectivity index (χ1v) is 11.7. The second-order valence-corrected chi connectivity index (χ2v) is 8.71. The molecule has 7 nitrogen and oxygen atoms in total. The molecule has 5 rings (SSSR count). The number of nitrogens with zero attached hydrogens (tertiary/aromatic N) is 3. The van der Waals surface area contributed by atoms with Crippen LogP contribution in [-0.4, -0.2) is 29.6 Å². The summed E-state index contributed by atoms with van der Waals surface area (Å²) in [5, 5.41) is 1.36. The highest BCUT2D eigenvalue weighted by Crippen LogP contribution is 2.38. The molecule has 0 saturated heterocycles. The van der Waals surface area contributed by atoms with E-state index in [0.29, 0.717) is 35.4 Å². The Hall–Kier alpha value is -3.91. The topological polar surface area (TPSA) is 77.7 Å². The van der Waals surface area contributed by atoms with Crippen molar-refractivity contribution in [1.82, 2.24) is 9.97 Å². The van der Waals surface area contributed by atoms with Crippen LogP contribution >= 0.6 is 11.3 Å². The normalized spacial score (nSPS) is 11.1. The van der Waals surface area contributed by atoms with Gasteiger partial charge >= 0.3 is 0 Å². The number of anilines is 1. The van der Waals surface area contributed by atoms with Crippen LogP contribution in [-0.2, 0) is 6.54 Å². The first-order chi connectivity index (χ1) is 16.6. The largest absolute Gasteiger partial charge is 0.494 e. The Morgan fingerprint density at radius 2 is 2.03 bits per heavy atom. The summed E-state index contributed by atoms with van der Waals surface area (Å²) in [5.41, 5.74) is 3.23. The van der Waals surface area contributed by atoms with E-state index in [0.717, 1.165) is 26.7 Å². The molecule has 0 radical (unpaired) electrons. The van der Waals surface area contributed by atoms with E-state index in [4.69, 9.17) is 18.9 Å². The van der Waals surface area contributed by atoms with Gasteiger partial charge in [-0.1, -0.05) is 35.6 Å². The highest BCUT2D eigenvalue weighted by molar-refractivity contribution is 7.22. The molecule has 0 saturated carbocycles. The molecule has 0 atom stereocenters. The van der Waals surface area contributed by atoms with Crippen LogP contribution in [0.5, 0.6) is 11.5 Å². The maximum Gasteiger partial charge on any atom is 0.296 e. The van der Waals surface area contributed by atoms with Crippen molar-refractivity contribution in [2.45, 2.75) is 20.4 Å². The molecule has 1 amide bonds. The Morgan fingerprint density at radius 1 is 1.15 bits per heavy atom. The number of hydrogen-bond donors (Lipinski definition) is 0. The Balaban J connectivity index is 1.61. The van der Waals surface area contributed by atoms with Crippen LogP contribution in [0.4, 0.5) is 5.13 Å². The van der Waals surface area contributed by atoms with E-state index in [1.807, 2.05) is 56.3 Å². The third-order valence-electron chi connectivity index (χ3n) is 5.47. The molecule has 0 unspecified atom stereocenters.